The Morgan fingerprint density at radius 1 is 1.30 bits per heavy atom. The number of carboxylic acid groups (broad SMARTS) is 1. The number of halogens is 3. The smallest absolute Gasteiger partial charge is 0.475 e. The van der Waals surface area contributed by atoms with Gasteiger partial charge in [-0.25, -0.2) is 19.7 Å². The summed E-state index contributed by atoms with van der Waals surface area (Å²) < 4.78 is 33.9. The molecule has 3 rings (SSSR count). The number of alkyl halides is 3. The first-order valence-electron chi connectivity index (χ1n) is 7.80. The molecule has 0 radical (unpaired) electrons. The van der Waals surface area contributed by atoms with Gasteiger partial charge < -0.3 is 9.67 Å². The third-order valence-corrected chi connectivity index (χ3v) is 5.41. The number of hydrogen-bond acceptors (Lipinski definition) is 6. The maximum absolute atomic E-state index is 10.6. The minimum absolute atomic E-state index is 1.01. The highest BCUT2D eigenvalue weighted by Gasteiger charge is 2.38. The Bertz CT molecular complexity index is 909. The van der Waals surface area contributed by atoms with Gasteiger partial charge in [0.15, 0.2) is 0 Å². The van der Waals surface area contributed by atoms with Gasteiger partial charge in [0.2, 0.25) is 0 Å². The third-order valence-electron chi connectivity index (χ3n) is 3.36. The van der Waals surface area contributed by atoms with Crippen molar-refractivity contribution < 1.29 is 23.1 Å². The fourth-order valence-corrected chi connectivity index (χ4v) is 3.92. The number of aryl methyl sites for hydroxylation is 3. The maximum atomic E-state index is 10.6. The quantitative estimate of drug-likeness (QED) is 0.378. The molecule has 0 spiro atoms. The molecule has 0 atom stereocenters. The summed E-state index contributed by atoms with van der Waals surface area (Å²) in [4.78, 5) is 24.2. The van der Waals surface area contributed by atoms with Gasteiger partial charge in [-0.05, 0) is 26.3 Å². The van der Waals surface area contributed by atoms with Crippen LogP contribution >= 0.6 is 23.1 Å². The van der Waals surface area contributed by atoms with Crippen LogP contribution in [0.3, 0.4) is 0 Å². The Labute approximate surface area is 161 Å². The van der Waals surface area contributed by atoms with Crippen molar-refractivity contribution in [2.24, 2.45) is 0 Å². The number of imidazole rings is 1. The third kappa shape index (κ3) is 6.21. The Hall–Kier alpha value is -2.14. The minimum Gasteiger partial charge on any atom is -0.475 e. The molecule has 27 heavy (non-hydrogen) atoms. The minimum atomic E-state index is -5.08. The van der Waals surface area contributed by atoms with Crippen LogP contribution in [0.2, 0.25) is 0 Å². The summed E-state index contributed by atoms with van der Waals surface area (Å²) in [5.74, 6) is -0.626. The average molecular weight is 418 g/mol. The topological polar surface area (TPSA) is 80.9 Å². The fourth-order valence-electron chi connectivity index (χ4n) is 2.11. The molecule has 0 aliphatic carbocycles. The summed E-state index contributed by atoms with van der Waals surface area (Å²) in [6, 6.07) is 2.18. The Balaban J connectivity index is 0.000000321. The van der Waals surface area contributed by atoms with E-state index in [9.17, 15) is 13.2 Å². The lowest BCUT2D eigenvalue weighted by Gasteiger charge is -2.05. The van der Waals surface area contributed by atoms with E-state index in [1.54, 1.807) is 17.7 Å². The molecular weight excluding hydrogens is 401 g/mol. The number of thiophene rings is 1. The summed E-state index contributed by atoms with van der Waals surface area (Å²) in [6.07, 6.45) is 1.58. The van der Waals surface area contributed by atoms with Crippen LogP contribution in [0.1, 0.15) is 17.1 Å². The van der Waals surface area contributed by atoms with E-state index in [0.29, 0.717) is 0 Å². The van der Waals surface area contributed by atoms with Crippen molar-refractivity contribution in [1.29, 1.82) is 0 Å². The lowest BCUT2D eigenvalue weighted by Crippen LogP contribution is -2.21. The molecule has 0 amide bonds. The SMILES string of the molecule is Cc1cc2c(SCCCn3ccnc3C)ncnc2s1.O=C(O)C(F)(F)F. The van der Waals surface area contributed by atoms with Crippen molar-refractivity contribution in [3.8, 4) is 0 Å². The highest BCUT2D eigenvalue weighted by Crippen LogP contribution is 2.30. The zero-order valence-electron chi connectivity index (χ0n) is 14.5. The van der Waals surface area contributed by atoms with Crippen molar-refractivity contribution in [2.75, 3.05) is 5.75 Å². The molecule has 0 aromatic carbocycles. The second-order valence-electron chi connectivity index (χ2n) is 5.43. The van der Waals surface area contributed by atoms with Gasteiger partial charge in [-0.1, -0.05) is 0 Å². The molecule has 0 saturated carbocycles. The van der Waals surface area contributed by atoms with Crippen LogP contribution in [0.5, 0.6) is 0 Å². The molecular formula is C16H17F3N4O2S2. The number of carboxylic acids is 1. The number of thioether (sulfide) groups is 1. The summed E-state index contributed by atoms with van der Waals surface area (Å²) in [5, 5.41) is 9.42. The number of aliphatic carboxylic acids is 1. The van der Waals surface area contributed by atoms with Crippen LogP contribution in [-0.2, 0) is 11.3 Å². The van der Waals surface area contributed by atoms with Crippen molar-refractivity contribution in [3.05, 3.63) is 35.5 Å². The van der Waals surface area contributed by atoms with Crippen molar-refractivity contribution >= 4 is 39.3 Å². The van der Waals surface area contributed by atoms with Gasteiger partial charge in [0, 0.05) is 35.0 Å². The van der Waals surface area contributed by atoms with Gasteiger partial charge in [-0.15, -0.1) is 23.1 Å². The van der Waals surface area contributed by atoms with E-state index in [1.807, 2.05) is 31.1 Å². The molecule has 3 aromatic heterocycles. The molecule has 0 aliphatic heterocycles. The molecule has 11 heteroatoms. The van der Waals surface area contributed by atoms with Gasteiger partial charge in [0.05, 0.1) is 0 Å². The second-order valence-corrected chi connectivity index (χ2v) is 7.75. The zero-order chi connectivity index (χ0) is 20.0. The number of fused-ring (bicyclic) bond motifs is 1. The van der Waals surface area contributed by atoms with Gasteiger partial charge in [0.1, 0.15) is 22.0 Å². The van der Waals surface area contributed by atoms with Crippen molar-refractivity contribution in [2.45, 2.75) is 38.0 Å². The Kier molecular flexibility index (Phi) is 7.19. The first-order valence-corrected chi connectivity index (χ1v) is 9.60. The summed E-state index contributed by atoms with van der Waals surface area (Å²) in [6.45, 7) is 5.16. The van der Waals surface area contributed by atoms with Crippen LogP contribution < -0.4 is 0 Å². The highest BCUT2D eigenvalue weighted by atomic mass is 32.2. The van der Waals surface area contributed by atoms with Crippen molar-refractivity contribution in [1.82, 2.24) is 19.5 Å². The van der Waals surface area contributed by atoms with Crippen LogP contribution in [0.15, 0.2) is 29.8 Å². The first-order chi connectivity index (χ1) is 12.7. The van der Waals surface area contributed by atoms with E-state index >= 15 is 0 Å². The molecule has 6 nitrogen and oxygen atoms in total. The molecule has 146 valence electrons. The van der Waals surface area contributed by atoms with E-state index in [0.717, 1.165) is 34.4 Å². The Morgan fingerprint density at radius 2 is 2.00 bits per heavy atom. The van der Waals surface area contributed by atoms with E-state index in [-0.39, 0.29) is 0 Å². The molecule has 0 aliphatic rings. The van der Waals surface area contributed by atoms with Crippen molar-refractivity contribution in [3.63, 3.8) is 0 Å². The van der Waals surface area contributed by atoms with Gasteiger partial charge in [-0.3, -0.25) is 0 Å². The molecule has 0 saturated heterocycles. The second kappa shape index (κ2) is 9.18. The van der Waals surface area contributed by atoms with Gasteiger partial charge in [-0.2, -0.15) is 13.2 Å². The number of aromatic nitrogens is 4. The number of rotatable bonds is 5. The van der Waals surface area contributed by atoms with E-state index in [4.69, 9.17) is 9.90 Å². The molecule has 0 unspecified atom stereocenters. The van der Waals surface area contributed by atoms with E-state index in [1.165, 1.54) is 10.3 Å². The highest BCUT2D eigenvalue weighted by molar-refractivity contribution is 7.99. The maximum Gasteiger partial charge on any atom is 0.490 e. The average Bonchev–Trinajstić information content (AvgIpc) is 3.16. The largest absolute Gasteiger partial charge is 0.490 e. The first kappa shape index (κ1) is 21.2. The van der Waals surface area contributed by atoms with Crippen LogP contribution in [-0.4, -0.2) is 42.5 Å². The molecule has 3 heterocycles. The monoisotopic (exact) mass is 418 g/mol. The fraction of sp³-hybridized carbons (Fsp3) is 0.375. The normalized spacial score (nSPS) is 11.3. The molecule has 0 bridgehead atoms. The predicted molar refractivity (Wildman–Crippen MR) is 98.1 cm³/mol. The predicted octanol–water partition coefficient (Wildman–Crippen LogP) is 4.32. The summed E-state index contributed by atoms with van der Waals surface area (Å²) in [7, 11) is 0. The van der Waals surface area contributed by atoms with Crippen LogP contribution in [0.25, 0.3) is 10.2 Å². The van der Waals surface area contributed by atoms with Gasteiger partial charge >= 0.3 is 12.1 Å². The summed E-state index contributed by atoms with van der Waals surface area (Å²) in [5.41, 5.74) is 0. The standard InChI is InChI=1S/C14H16N4S2.C2HF3O2/c1-10-8-12-13(16-9-17-14(12)20-10)19-7-3-5-18-6-4-15-11(18)2;3-2(4,5)1(6)7/h4,6,8-9H,3,5,7H2,1-2H3;(H,6,7). The number of carbonyl (C=O) groups is 1. The van der Waals surface area contributed by atoms with Crippen LogP contribution in [0, 0.1) is 13.8 Å². The van der Waals surface area contributed by atoms with E-state index < -0.39 is 12.1 Å². The van der Waals surface area contributed by atoms with Crippen LogP contribution in [0.4, 0.5) is 13.2 Å². The number of nitrogens with zero attached hydrogens (tertiary/aromatic N) is 4. The molecule has 1 N–H and O–H groups in total. The lowest BCUT2D eigenvalue weighted by molar-refractivity contribution is -0.192. The molecule has 0 fully saturated rings. The lowest BCUT2D eigenvalue weighted by atomic mass is 10.4. The summed E-state index contributed by atoms with van der Waals surface area (Å²) >= 11 is 3.54. The Morgan fingerprint density at radius 3 is 2.59 bits per heavy atom. The van der Waals surface area contributed by atoms with Gasteiger partial charge in [0.25, 0.3) is 0 Å². The number of hydrogen-bond donors (Lipinski definition) is 1. The zero-order valence-corrected chi connectivity index (χ0v) is 16.2. The van der Waals surface area contributed by atoms with E-state index in [2.05, 4.69) is 32.5 Å². The molecule has 3 aromatic rings.